The standard InChI is InChI=1S/C21H22N4O3/c1-14(2)28-19-11-7-5-9-16(19)23-21(26)17-12-13-20(25-24-17)22-15-8-4-6-10-18(15)27-3/h4-14H,1-3H3,(H,22,25)(H,23,26). The van der Waals surface area contributed by atoms with E-state index in [1.54, 1.807) is 25.3 Å². The van der Waals surface area contributed by atoms with Crippen molar-refractivity contribution in [2.75, 3.05) is 17.7 Å². The van der Waals surface area contributed by atoms with Crippen molar-refractivity contribution in [3.8, 4) is 11.5 Å². The molecular formula is C21H22N4O3. The molecule has 0 aliphatic carbocycles. The smallest absolute Gasteiger partial charge is 0.276 e. The molecule has 0 aliphatic rings. The molecule has 2 N–H and O–H groups in total. The second-order valence-corrected chi connectivity index (χ2v) is 6.25. The van der Waals surface area contributed by atoms with Gasteiger partial charge in [-0.05, 0) is 50.2 Å². The van der Waals surface area contributed by atoms with Crippen LogP contribution in [0.2, 0.25) is 0 Å². The first-order valence-corrected chi connectivity index (χ1v) is 8.87. The van der Waals surface area contributed by atoms with Gasteiger partial charge in [0.25, 0.3) is 5.91 Å². The zero-order chi connectivity index (χ0) is 19.9. The van der Waals surface area contributed by atoms with E-state index in [0.29, 0.717) is 23.0 Å². The zero-order valence-electron chi connectivity index (χ0n) is 16.0. The number of amides is 1. The monoisotopic (exact) mass is 378 g/mol. The number of hydrogen-bond donors (Lipinski definition) is 2. The predicted octanol–water partition coefficient (Wildman–Crippen LogP) is 4.27. The molecule has 1 aromatic heterocycles. The van der Waals surface area contributed by atoms with E-state index in [1.165, 1.54) is 0 Å². The van der Waals surface area contributed by atoms with Gasteiger partial charge in [-0.2, -0.15) is 0 Å². The second kappa shape index (κ2) is 8.85. The van der Waals surface area contributed by atoms with Gasteiger partial charge in [0.1, 0.15) is 11.5 Å². The fourth-order valence-electron chi connectivity index (χ4n) is 2.52. The zero-order valence-corrected chi connectivity index (χ0v) is 16.0. The van der Waals surface area contributed by atoms with E-state index in [4.69, 9.17) is 9.47 Å². The number of anilines is 3. The summed E-state index contributed by atoms with van der Waals surface area (Å²) in [6.07, 6.45) is -0.00169. The molecule has 0 spiro atoms. The molecule has 2 aromatic carbocycles. The number of benzene rings is 2. The summed E-state index contributed by atoms with van der Waals surface area (Å²) < 4.78 is 11.0. The molecular weight excluding hydrogens is 356 g/mol. The van der Waals surface area contributed by atoms with Crippen molar-refractivity contribution in [3.63, 3.8) is 0 Å². The van der Waals surface area contributed by atoms with Crippen molar-refractivity contribution >= 4 is 23.1 Å². The lowest BCUT2D eigenvalue weighted by Crippen LogP contribution is -2.16. The fourth-order valence-corrected chi connectivity index (χ4v) is 2.52. The van der Waals surface area contributed by atoms with Crippen LogP contribution in [-0.4, -0.2) is 29.3 Å². The van der Waals surface area contributed by atoms with Gasteiger partial charge in [0.15, 0.2) is 11.5 Å². The van der Waals surface area contributed by atoms with E-state index >= 15 is 0 Å². The number of para-hydroxylation sites is 4. The van der Waals surface area contributed by atoms with Gasteiger partial charge < -0.3 is 20.1 Å². The molecule has 3 rings (SSSR count). The van der Waals surface area contributed by atoms with Crippen LogP contribution in [0.25, 0.3) is 0 Å². The quantitative estimate of drug-likeness (QED) is 0.639. The molecule has 0 unspecified atom stereocenters. The Kier molecular flexibility index (Phi) is 6.06. The summed E-state index contributed by atoms with van der Waals surface area (Å²) in [4.78, 5) is 12.5. The molecule has 0 saturated carbocycles. The van der Waals surface area contributed by atoms with Crippen molar-refractivity contribution in [3.05, 3.63) is 66.4 Å². The summed E-state index contributed by atoms with van der Waals surface area (Å²) in [5.41, 5.74) is 1.54. The topological polar surface area (TPSA) is 85.4 Å². The summed E-state index contributed by atoms with van der Waals surface area (Å²) in [6.45, 7) is 3.86. The van der Waals surface area contributed by atoms with Crippen LogP contribution in [0.1, 0.15) is 24.3 Å². The van der Waals surface area contributed by atoms with Crippen molar-refractivity contribution in [1.82, 2.24) is 10.2 Å². The van der Waals surface area contributed by atoms with Crippen LogP contribution < -0.4 is 20.1 Å². The average Bonchev–Trinajstić information content (AvgIpc) is 2.70. The number of methoxy groups -OCH3 is 1. The third-order valence-corrected chi connectivity index (χ3v) is 3.76. The molecule has 1 heterocycles. The molecule has 1 amide bonds. The molecule has 3 aromatic rings. The van der Waals surface area contributed by atoms with Crippen LogP contribution in [0.3, 0.4) is 0 Å². The van der Waals surface area contributed by atoms with Crippen molar-refractivity contribution in [2.45, 2.75) is 20.0 Å². The molecule has 7 nitrogen and oxygen atoms in total. The SMILES string of the molecule is COc1ccccc1Nc1ccc(C(=O)Nc2ccccc2OC(C)C)nn1. The Hall–Kier alpha value is -3.61. The third kappa shape index (κ3) is 4.76. The van der Waals surface area contributed by atoms with Crippen LogP contribution >= 0.6 is 0 Å². The fraction of sp³-hybridized carbons (Fsp3) is 0.190. The summed E-state index contributed by atoms with van der Waals surface area (Å²) in [7, 11) is 1.60. The molecule has 7 heteroatoms. The number of hydrogen-bond acceptors (Lipinski definition) is 6. The Morgan fingerprint density at radius 3 is 2.21 bits per heavy atom. The number of carbonyl (C=O) groups is 1. The van der Waals surface area contributed by atoms with Gasteiger partial charge in [0.2, 0.25) is 0 Å². The highest BCUT2D eigenvalue weighted by atomic mass is 16.5. The third-order valence-electron chi connectivity index (χ3n) is 3.76. The number of nitrogens with zero attached hydrogens (tertiary/aromatic N) is 2. The number of ether oxygens (including phenoxy) is 2. The van der Waals surface area contributed by atoms with Gasteiger partial charge in [-0.25, -0.2) is 0 Å². The van der Waals surface area contributed by atoms with Crippen LogP contribution in [0, 0.1) is 0 Å². The minimum atomic E-state index is -0.365. The minimum Gasteiger partial charge on any atom is -0.495 e. The molecule has 144 valence electrons. The average molecular weight is 378 g/mol. The lowest BCUT2D eigenvalue weighted by molar-refractivity contribution is 0.102. The van der Waals surface area contributed by atoms with Crippen LogP contribution in [-0.2, 0) is 0 Å². The van der Waals surface area contributed by atoms with E-state index in [0.717, 1.165) is 5.69 Å². The van der Waals surface area contributed by atoms with E-state index < -0.39 is 0 Å². The highest BCUT2D eigenvalue weighted by Crippen LogP contribution is 2.27. The largest absolute Gasteiger partial charge is 0.495 e. The van der Waals surface area contributed by atoms with Crippen LogP contribution in [0.5, 0.6) is 11.5 Å². The molecule has 0 atom stereocenters. The minimum absolute atomic E-state index is 0.00169. The molecule has 0 saturated heterocycles. The van der Waals surface area contributed by atoms with Gasteiger partial charge in [0.05, 0.1) is 24.6 Å². The summed E-state index contributed by atoms with van der Waals surface area (Å²) in [5, 5.41) is 14.0. The van der Waals surface area contributed by atoms with Gasteiger partial charge in [0, 0.05) is 0 Å². The summed E-state index contributed by atoms with van der Waals surface area (Å²) >= 11 is 0. The first kappa shape index (κ1) is 19.2. The molecule has 28 heavy (non-hydrogen) atoms. The van der Waals surface area contributed by atoms with E-state index in [1.807, 2.05) is 56.3 Å². The van der Waals surface area contributed by atoms with Gasteiger partial charge in [-0.1, -0.05) is 24.3 Å². The number of aromatic nitrogens is 2. The number of rotatable bonds is 7. The van der Waals surface area contributed by atoms with Crippen molar-refractivity contribution in [1.29, 1.82) is 0 Å². The number of nitrogens with one attached hydrogen (secondary N) is 2. The van der Waals surface area contributed by atoms with E-state index in [2.05, 4.69) is 20.8 Å². The molecule has 0 fully saturated rings. The first-order valence-electron chi connectivity index (χ1n) is 8.87. The normalized spacial score (nSPS) is 10.4. The van der Waals surface area contributed by atoms with Gasteiger partial charge >= 0.3 is 0 Å². The highest BCUT2D eigenvalue weighted by molar-refractivity contribution is 6.03. The van der Waals surface area contributed by atoms with E-state index in [9.17, 15) is 4.79 Å². The molecule has 0 bridgehead atoms. The Labute approximate surface area is 163 Å². The summed E-state index contributed by atoms with van der Waals surface area (Å²) in [5.74, 6) is 1.43. The van der Waals surface area contributed by atoms with Crippen LogP contribution in [0.4, 0.5) is 17.2 Å². The lowest BCUT2D eigenvalue weighted by atomic mass is 10.2. The molecule has 0 aliphatic heterocycles. The van der Waals surface area contributed by atoms with Gasteiger partial charge in [-0.15, -0.1) is 10.2 Å². The molecule has 0 radical (unpaired) electrons. The first-order chi connectivity index (χ1) is 13.6. The number of carbonyl (C=O) groups excluding carboxylic acids is 1. The maximum Gasteiger partial charge on any atom is 0.276 e. The highest BCUT2D eigenvalue weighted by Gasteiger charge is 2.13. The lowest BCUT2D eigenvalue weighted by Gasteiger charge is -2.14. The van der Waals surface area contributed by atoms with Crippen molar-refractivity contribution < 1.29 is 14.3 Å². The Morgan fingerprint density at radius 2 is 1.57 bits per heavy atom. The second-order valence-electron chi connectivity index (χ2n) is 6.25. The van der Waals surface area contributed by atoms with E-state index in [-0.39, 0.29) is 17.7 Å². The van der Waals surface area contributed by atoms with Crippen molar-refractivity contribution in [2.24, 2.45) is 0 Å². The predicted molar refractivity (Wildman–Crippen MR) is 108 cm³/mol. The van der Waals surface area contributed by atoms with Gasteiger partial charge in [-0.3, -0.25) is 4.79 Å². The maximum absolute atomic E-state index is 12.5. The summed E-state index contributed by atoms with van der Waals surface area (Å²) in [6, 6.07) is 18.0. The Bertz CT molecular complexity index is 942. The maximum atomic E-state index is 12.5. The Balaban J connectivity index is 1.71. The van der Waals surface area contributed by atoms with Crippen LogP contribution in [0.15, 0.2) is 60.7 Å². The Morgan fingerprint density at radius 1 is 0.893 bits per heavy atom.